The number of benzene rings is 1. The molecule has 2 fully saturated rings. The first-order valence-electron chi connectivity index (χ1n) is 10.2. The lowest BCUT2D eigenvalue weighted by molar-refractivity contribution is -0.123. The molecule has 0 bridgehead atoms. The van der Waals surface area contributed by atoms with Gasteiger partial charge in [-0.3, -0.25) is 4.79 Å². The summed E-state index contributed by atoms with van der Waals surface area (Å²) in [6.45, 7) is 0.0924. The van der Waals surface area contributed by atoms with E-state index < -0.39 is 9.84 Å². The summed E-state index contributed by atoms with van der Waals surface area (Å²) in [6, 6.07) is 6.36. The van der Waals surface area contributed by atoms with Gasteiger partial charge < -0.3 is 15.8 Å². The van der Waals surface area contributed by atoms with Crippen molar-refractivity contribution in [2.75, 3.05) is 18.9 Å². The molecule has 0 heterocycles. The Bertz CT molecular complexity index is 827. The number of carbonyl (C=O) groups is 1. The van der Waals surface area contributed by atoms with E-state index in [0.29, 0.717) is 17.7 Å². The molecule has 8 heteroatoms. The molecule has 2 aliphatic carbocycles. The Hall–Kier alpha value is -1.93. The van der Waals surface area contributed by atoms with Crippen LogP contribution in [-0.2, 0) is 14.6 Å². The minimum Gasteiger partial charge on any atom is -0.489 e. The highest BCUT2D eigenvalue weighted by atomic mass is 32.2. The number of rotatable bonds is 9. The molecular formula is C21H29FN2O4S. The summed E-state index contributed by atoms with van der Waals surface area (Å²) >= 11 is 0. The zero-order chi connectivity index (χ0) is 20.9. The molecule has 3 N–H and O–H groups in total. The zero-order valence-corrected chi connectivity index (χ0v) is 17.3. The topological polar surface area (TPSA) is 98.5 Å². The summed E-state index contributed by atoms with van der Waals surface area (Å²) in [7, 11) is -3.40. The maximum Gasteiger partial charge on any atom is 0.223 e. The smallest absolute Gasteiger partial charge is 0.223 e. The number of hydrogen-bond donors (Lipinski definition) is 2. The van der Waals surface area contributed by atoms with E-state index in [1.807, 2.05) is 0 Å². The lowest BCUT2D eigenvalue weighted by Crippen LogP contribution is -2.39. The number of sulfone groups is 1. The molecule has 160 valence electrons. The molecule has 2 aliphatic rings. The molecule has 0 unspecified atom stereocenters. The SMILES string of the molecule is NC/C(=C\F)COc1ccc(S(=O)(=O)C[C@H]2CC[C@H](NC(=O)C3CC3)CC2)cc1. The van der Waals surface area contributed by atoms with E-state index in [0.717, 1.165) is 38.5 Å². The Morgan fingerprint density at radius 1 is 1.14 bits per heavy atom. The number of carbonyl (C=O) groups excluding carboxylic acids is 1. The van der Waals surface area contributed by atoms with Gasteiger partial charge in [0.2, 0.25) is 5.91 Å². The highest BCUT2D eigenvalue weighted by Crippen LogP contribution is 2.31. The fourth-order valence-corrected chi connectivity index (χ4v) is 5.30. The molecule has 3 rings (SSSR count). The van der Waals surface area contributed by atoms with Crippen molar-refractivity contribution < 1.29 is 22.3 Å². The van der Waals surface area contributed by atoms with Gasteiger partial charge in [0.15, 0.2) is 9.84 Å². The third kappa shape index (κ3) is 6.27. The third-order valence-corrected chi connectivity index (χ3v) is 7.52. The van der Waals surface area contributed by atoms with Gasteiger partial charge in [-0.2, -0.15) is 0 Å². The molecule has 0 saturated heterocycles. The molecule has 0 atom stereocenters. The normalized spacial score (nSPS) is 22.9. The van der Waals surface area contributed by atoms with Crippen molar-refractivity contribution in [3.05, 3.63) is 36.2 Å². The second-order valence-electron chi connectivity index (χ2n) is 8.01. The van der Waals surface area contributed by atoms with Crippen molar-refractivity contribution >= 4 is 15.7 Å². The molecule has 0 spiro atoms. The van der Waals surface area contributed by atoms with E-state index in [1.54, 1.807) is 12.1 Å². The van der Waals surface area contributed by atoms with Crippen molar-refractivity contribution in [3.63, 3.8) is 0 Å². The standard InChI is InChI=1S/C21H29FN2O4S/c22-11-16(12-23)13-28-19-7-9-20(10-8-19)29(26,27)14-15-1-5-18(6-2-15)24-21(25)17-3-4-17/h7-11,15,17-18H,1-6,12-14,23H2,(H,24,25)/b16-11+/t15-,18-. The predicted molar refractivity (Wildman–Crippen MR) is 109 cm³/mol. The van der Waals surface area contributed by atoms with Crippen LogP contribution in [0.15, 0.2) is 41.1 Å². The van der Waals surface area contributed by atoms with E-state index in [1.165, 1.54) is 12.1 Å². The first-order valence-corrected chi connectivity index (χ1v) is 11.8. The van der Waals surface area contributed by atoms with E-state index in [9.17, 15) is 17.6 Å². The second-order valence-corrected chi connectivity index (χ2v) is 10.0. The Kier molecular flexibility index (Phi) is 7.29. The van der Waals surface area contributed by atoms with Crippen molar-refractivity contribution in [2.45, 2.75) is 49.5 Å². The van der Waals surface area contributed by atoms with Gasteiger partial charge in [-0.1, -0.05) is 0 Å². The van der Waals surface area contributed by atoms with Crippen molar-refractivity contribution in [1.29, 1.82) is 0 Å². The summed E-state index contributed by atoms with van der Waals surface area (Å²) in [6.07, 6.45) is 5.66. The van der Waals surface area contributed by atoms with Gasteiger partial charge in [-0.25, -0.2) is 12.8 Å². The minimum absolute atomic E-state index is 0.0274. The van der Waals surface area contributed by atoms with Crippen LogP contribution in [0.25, 0.3) is 0 Å². The summed E-state index contributed by atoms with van der Waals surface area (Å²) in [5.41, 5.74) is 5.70. The molecule has 6 nitrogen and oxygen atoms in total. The van der Waals surface area contributed by atoms with Crippen LogP contribution in [0.1, 0.15) is 38.5 Å². The summed E-state index contributed by atoms with van der Waals surface area (Å²) in [5.74, 6) is 1.03. The van der Waals surface area contributed by atoms with Gasteiger partial charge in [-0.05, 0) is 68.7 Å². The average molecular weight is 425 g/mol. The molecule has 0 aromatic heterocycles. The van der Waals surface area contributed by atoms with Crippen molar-refractivity contribution in [2.24, 2.45) is 17.6 Å². The average Bonchev–Trinajstić information content (AvgIpc) is 3.56. The predicted octanol–water partition coefficient (Wildman–Crippen LogP) is 2.74. The van der Waals surface area contributed by atoms with Gasteiger partial charge in [-0.15, -0.1) is 0 Å². The molecule has 1 amide bonds. The Morgan fingerprint density at radius 3 is 2.34 bits per heavy atom. The Labute approximate surface area is 171 Å². The lowest BCUT2D eigenvalue weighted by atomic mass is 9.87. The Morgan fingerprint density at radius 2 is 1.79 bits per heavy atom. The first kappa shape index (κ1) is 21.8. The molecule has 1 aromatic rings. The van der Waals surface area contributed by atoms with Crippen molar-refractivity contribution in [3.8, 4) is 5.75 Å². The molecular weight excluding hydrogens is 395 g/mol. The minimum atomic E-state index is -3.40. The Balaban J connectivity index is 1.48. The number of nitrogens with two attached hydrogens (primary N) is 1. The van der Waals surface area contributed by atoms with E-state index >= 15 is 0 Å². The van der Waals surface area contributed by atoms with Crippen LogP contribution in [0, 0.1) is 11.8 Å². The highest BCUT2D eigenvalue weighted by molar-refractivity contribution is 7.91. The lowest BCUT2D eigenvalue weighted by Gasteiger charge is -2.29. The van der Waals surface area contributed by atoms with Crippen LogP contribution in [0.2, 0.25) is 0 Å². The van der Waals surface area contributed by atoms with Gasteiger partial charge in [0, 0.05) is 24.1 Å². The van der Waals surface area contributed by atoms with Crippen molar-refractivity contribution in [1.82, 2.24) is 5.32 Å². The van der Waals surface area contributed by atoms with Crippen LogP contribution in [-0.4, -0.2) is 39.3 Å². The summed E-state index contributed by atoms with van der Waals surface area (Å²) in [5, 5.41) is 3.09. The fourth-order valence-electron chi connectivity index (χ4n) is 3.60. The third-order valence-electron chi connectivity index (χ3n) is 5.62. The monoisotopic (exact) mass is 424 g/mol. The van der Waals surface area contributed by atoms with E-state index in [4.69, 9.17) is 10.5 Å². The van der Waals surface area contributed by atoms with Crippen LogP contribution >= 0.6 is 0 Å². The molecule has 29 heavy (non-hydrogen) atoms. The van der Waals surface area contributed by atoms with Gasteiger partial charge in [0.25, 0.3) is 0 Å². The first-order chi connectivity index (χ1) is 13.9. The van der Waals surface area contributed by atoms with Gasteiger partial charge >= 0.3 is 0 Å². The molecule has 1 aromatic carbocycles. The quantitative estimate of drug-likeness (QED) is 0.635. The van der Waals surface area contributed by atoms with E-state index in [2.05, 4.69) is 5.32 Å². The van der Waals surface area contributed by atoms with Crippen LogP contribution < -0.4 is 15.8 Å². The number of halogens is 1. The maximum atomic E-state index is 12.7. The number of ether oxygens (including phenoxy) is 1. The molecule has 0 aliphatic heterocycles. The summed E-state index contributed by atoms with van der Waals surface area (Å²) < 4.78 is 43.4. The highest BCUT2D eigenvalue weighted by Gasteiger charge is 2.32. The van der Waals surface area contributed by atoms with Crippen LogP contribution in [0.5, 0.6) is 5.75 Å². The molecule has 0 radical (unpaired) electrons. The number of nitrogens with one attached hydrogen (secondary N) is 1. The second kappa shape index (κ2) is 9.71. The summed E-state index contributed by atoms with van der Waals surface area (Å²) in [4.78, 5) is 12.1. The van der Waals surface area contributed by atoms with Gasteiger partial charge in [0.1, 0.15) is 12.4 Å². The van der Waals surface area contributed by atoms with Crippen LogP contribution in [0.3, 0.4) is 0 Å². The molecule has 2 saturated carbocycles. The zero-order valence-electron chi connectivity index (χ0n) is 16.5. The number of amides is 1. The van der Waals surface area contributed by atoms with Gasteiger partial charge in [0.05, 0.1) is 17.0 Å². The fraction of sp³-hybridized carbons (Fsp3) is 0.571. The maximum absolute atomic E-state index is 12.7. The largest absolute Gasteiger partial charge is 0.489 e. The van der Waals surface area contributed by atoms with Crippen LogP contribution in [0.4, 0.5) is 4.39 Å². The van der Waals surface area contributed by atoms with E-state index in [-0.39, 0.29) is 47.6 Å². The number of hydrogen-bond acceptors (Lipinski definition) is 5.